The van der Waals surface area contributed by atoms with Crippen LogP contribution in [0.25, 0.3) is 17.4 Å². The summed E-state index contributed by atoms with van der Waals surface area (Å²) in [5, 5.41) is 7.49. The first-order valence-electron chi connectivity index (χ1n) is 9.01. The van der Waals surface area contributed by atoms with Crippen LogP contribution >= 0.6 is 0 Å². The summed E-state index contributed by atoms with van der Waals surface area (Å²) in [6.45, 7) is 5.61. The summed E-state index contributed by atoms with van der Waals surface area (Å²) >= 11 is 0. The van der Waals surface area contributed by atoms with E-state index in [1.807, 2.05) is 19.1 Å². The van der Waals surface area contributed by atoms with Gasteiger partial charge in [0.25, 0.3) is 5.91 Å². The van der Waals surface area contributed by atoms with E-state index in [-0.39, 0.29) is 5.91 Å². The van der Waals surface area contributed by atoms with Gasteiger partial charge in [0, 0.05) is 30.2 Å². The van der Waals surface area contributed by atoms with Gasteiger partial charge in [0.1, 0.15) is 17.2 Å². The van der Waals surface area contributed by atoms with Gasteiger partial charge in [-0.15, -0.1) is 0 Å². The molecule has 4 rings (SSSR count). The first-order valence-corrected chi connectivity index (χ1v) is 9.01. The molecule has 1 aliphatic rings. The number of hydrogen-bond donors (Lipinski definition) is 3. The lowest BCUT2D eigenvalue weighted by atomic mass is 10.0. The monoisotopic (exact) mass is 376 g/mol. The molecule has 28 heavy (non-hydrogen) atoms. The maximum atomic E-state index is 12.4. The van der Waals surface area contributed by atoms with Crippen LogP contribution in [0.2, 0.25) is 0 Å². The summed E-state index contributed by atoms with van der Waals surface area (Å²) in [7, 11) is 0. The number of aryl methyl sites for hydroxylation is 1. The van der Waals surface area contributed by atoms with Crippen molar-refractivity contribution >= 4 is 17.7 Å². The number of carbonyl (C=O) groups is 1. The van der Waals surface area contributed by atoms with E-state index in [4.69, 9.17) is 4.42 Å². The van der Waals surface area contributed by atoms with Crippen LogP contribution in [0.1, 0.15) is 29.6 Å². The Kier molecular flexibility index (Phi) is 4.86. The summed E-state index contributed by atoms with van der Waals surface area (Å²) in [5.74, 6) is 0.451. The van der Waals surface area contributed by atoms with E-state index in [0.29, 0.717) is 23.5 Å². The van der Waals surface area contributed by atoms with E-state index in [2.05, 4.69) is 37.7 Å². The molecule has 0 spiro atoms. The molecule has 3 aromatic rings. The molecule has 0 saturated heterocycles. The van der Waals surface area contributed by atoms with Gasteiger partial charge in [-0.05, 0) is 37.2 Å². The molecule has 0 unspecified atom stereocenters. The number of hydrogen-bond acceptors (Lipinski definition) is 6. The Morgan fingerprint density at radius 2 is 2.21 bits per heavy atom. The molecule has 0 bridgehead atoms. The Morgan fingerprint density at radius 1 is 1.32 bits per heavy atom. The van der Waals surface area contributed by atoms with E-state index in [9.17, 15) is 4.79 Å². The minimum absolute atomic E-state index is 0.286. The van der Waals surface area contributed by atoms with E-state index in [1.54, 1.807) is 30.9 Å². The van der Waals surface area contributed by atoms with Crippen molar-refractivity contribution in [3.8, 4) is 11.3 Å². The third kappa shape index (κ3) is 3.25. The predicted molar refractivity (Wildman–Crippen MR) is 105 cm³/mol. The van der Waals surface area contributed by atoms with Crippen molar-refractivity contribution in [2.45, 2.75) is 20.4 Å². The molecule has 4 heterocycles. The Labute approximate surface area is 161 Å². The molecule has 3 N–H and O–H groups in total. The third-order valence-electron chi connectivity index (χ3n) is 4.53. The molecule has 1 amide bonds. The number of rotatable bonds is 6. The van der Waals surface area contributed by atoms with Crippen molar-refractivity contribution in [2.24, 2.45) is 5.10 Å². The molecule has 8 nitrogen and oxygen atoms in total. The fourth-order valence-corrected chi connectivity index (χ4v) is 3.20. The van der Waals surface area contributed by atoms with E-state index in [0.717, 1.165) is 34.8 Å². The van der Waals surface area contributed by atoms with Gasteiger partial charge in [0.2, 0.25) is 0 Å². The van der Waals surface area contributed by atoms with Crippen molar-refractivity contribution in [1.82, 2.24) is 25.7 Å². The van der Waals surface area contributed by atoms with E-state index < -0.39 is 0 Å². The molecule has 0 radical (unpaired) electrons. The number of nitrogens with zero attached hydrogens (tertiary/aromatic N) is 3. The van der Waals surface area contributed by atoms with Crippen molar-refractivity contribution in [2.75, 3.05) is 6.54 Å². The van der Waals surface area contributed by atoms with Crippen molar-refractivity contribution in [3.05, 3.63) is 65.2 Å². The summed E-state index contributed by atoms with van der Waals surface area (Å²) in [4.78, 5) is 24.1. The Morgan fingerprint density at radius 3 is 2.93 bits per heavy atom. The number of aromatic amines is 1. The lowest BCUT2D eigenvalue weighted by Gasteiger charge is -2.06. The molecular formula is C20H20N6O2. The molecule has 0 fully saturated rings. The van der Waals surface area contributed by atoms with E-state index in [1.165, 1.54) is 0 Å². The van der Waals surface area contributed by atoms with Gasteiger partial charge in [-0.2, -0.15) is 5.10 Å². The Hall–Kier alpha value is -3.52. The molecule has 0 atom stereocenters. The number of hydrazone groups is 1. The number of H-pyrrole nitrogens is 1. The lowest BCUT2D eigenvalue weighted by molar-refractivity contribution is -0.116. The Bertz CT molecular complexity index is 1050. The topological polar surface area (TPSA) is 108 Å². The summed E-state index contributed by atoms with van der Waals surface area (Å²) in [6, 6.07) is 3.76. The second-order valence-corrected chi connectivity index (χ2v) is 6.32. The number of amides is 1. The summed E-state index contributed by atoms with van der Waals surface area (Å²) < 4.78 is 5.67. The fourth-order valence-electron chi connectivity index (χ4n) is 3.20. The molecule has 0 aliphatic carbocycles. The highest BCUT2D eigenvalue weighted by Crippen LogP contribution is 2.33. The number of aromatic nitrogens is 3. The van der Waals surface area contributed by atoms with Gasteiger partial charge < -0.3 is 14.7 Å². The van der Waals surface area contributed by atoms with E-state index >= 15 is 0 Å². The Balaban J connectivity index is 1.83. The largest absolute Gasteiger partial charge is 0.464 e. The summed E-state index contributed by atoms with van der Waals surface area (Å²) in [6.07, 6.45) is 8.15. The third-order valence-corrected chi connectivity index (χ3v) is 4.53. The first kappa shape index (κ1) is 17.9. The smallest absolute Gasteiger partial charge is 0.273 e. The fraction of sp³-hybridized carbons (Fsp3) is 0.200. The average Bonchev–Trinajstić information content (AvgIpc) is 3.42. The predicted octanol–water partition coefficient (Wildman–Crippen LogP) is 2.40. The van der Waals surface area contributed by atoms with Gasteiger partial charge >= 0.3 is 0 Å². The van der Waals surface area contributed by atoms with Gasteiger partial charge in [0.05, 0.1) is 23.7 Å². The first-order chi connectivity index (χ1) is 13.7. The zero-order valence-corrected chi connectivity index (χ0v) is 15.6. The highest BCUT2D eigenvalue weighted by atomic mass is 16.3. The quantitative estimate of drug-likeness (QED) is 0.573. The second kappa shape index (κ2) is 7.61. The van der Waals surface area contributed by atoms with Crippen LogP contribution in [0, 0.1) is 6.92 Å². The maximum Gasteiger partial charge on any atom is 0.273 e. The zero-order valence-electron chi connectivity index (χ0n) is 15.6. The highest BCUT2D eigenvalue weighted by Gasteiger charge is 2.27. The lowest BCUT2D eigenvalue weighted by Crippen LogP contribution is -2.14. The minimum atomic E-state index is -0.286. The van der Waals surface area contributed by atoms with Crippen LogP contribution in [0.4, 0.5) is 0 Å². The molecular weight excluding hydrogens is 356 g/mol. The van der Waals surface area contributed by atoms with Crippen molar-refractivity contribution in [1.29, 1.82) is 0 Å². The standard InChI is InChI=1S/C20H20N6O2/c1-3-21-10-14-12(2)24-15(18(14)17-5-4-8-28-17)9-13-19(25-26-20(13)27)16-11-22-6-7-23-16/h4-9,11,21,24H,3,10H2,1-2H3,(H,26,27). The zero-order chi connectivity index (χ0) is 19.5. The van der Waals surface area contributed by atoms with Crippen molar-refractivity contribution in [3.63, 3.8) is 0 Å². The molecule has 1 aliphatic heterocycles. The average molecular weight is 376 g/mol. The van der Waals surface area contributed by atoms with Gasteiger partial charge in [-0.25, -0.2) is 5.43 Å². The van der Waals surface area contributed by atoms with Gasteiger partial charge in [-0.3, -0.25) is 14.8 Å². The van der Waals surface area contributed by atoms with Crippen LogP contribution in [0.3, 0.4) is 0 Å². The molecule has 0 saturated carbocycles. The molecule has 0 aromatic carbocycles. The van der Waals surface area contributed by atoms with Gasteiger partial charge in [-0.1, -0.05) is 6.92 Å². The maximum absolute atomic E-state index is 12.4. The second-order valence-electron chi connectivity index (χ2n) is 6.32. The molecule has 142 valence electrons. The van der Waals surface area contributed by atoms with Crippen molar-refractivity contribution < 1.29 is 9.21 Å². The van der Waals surface area contributed by atoms with Crippen LogP contribution in [-0.4, -0.2) is 33.1 Å². The number of carbonyl (C=O) groups excluding carboxylic acids is 1. The van der Waals surface area contributed by atoms with Crippen LogP contribution < -0.4 is 10.7 Å². The number of nitrogens with one attached hydrogen (secondary N) is 3. The van der Waals surface area contributed by atoms with Crippen LogP contribution in [0.15, 0.2) is 52.1 Å². The SMILES string of the molecule is CCNCc1c(C)[nH]c(C=C2C(=O)NN=C2c2cnccn2)c1-c1ccco1. The highest BCUT2D eigenvalue weighted by molar-refractivity contribution is 6.32. The number of furan rings is 1. The molecule has 8 heteroatoms. The minimum Gasteiger partial charge on any atom is -0.464 e. The van der Waals surface area contributed by atoms with Crippen LogP contribution in [0.5, 0.6) is 0 Å². The summed E-state index contributed by atoms with van der Waals surface area (Å²) in [5.41, 5.74) is 7.74. The van der Waals surface area contributed by atoms with Gasteiger partial charge in [0.15, 0.2) is 0 Å². The normalized spacial score (nSPS) is 15.1. The van der Waals surface area contributed by atoms with Crippen LogP contribution in [-0.2, 0) is 11.3 Å². The molecule has 3 aromatic heterocycles.